The molecule has 0 unspecified atom stereocenters. The first kappa shape index (κ1) is 17.6. The summed E-state index contributed by atoms with van der Waals surface area (Å²) in [6, 6.07) is 0.225. The summed E-state index contributed by atoms with van der Waals surface area (Å²) in [6.07, 6.45) is 10.6. The summed E-state index contributed by atoms with van der Waals surface area (Å²) in [5.41, 5.74) is -0.0226. The number of nitrogens with one attached hydrogen (secondary N) is 1. The number of hydrogen-bond acceptors (Lipinski definition) is 2. The predicted octanol–water partition coefficient (Wildman–Crippen LogP) is 3.33. The molecule has 0 atom stereocenters. The van der Waals surface area contributed by atoms with Gasteiger partial charge in [0.25, 0.3) is 0 Å². The van der Waals surface area contributed by atoms with Crippen molar-refractivity contribution in [2.24, 2.45) is 23.2 Å². The van der Waals surface area contributed by atoms with Crippen LogP contribution in [0.5, 0.6) is 0 Å². The van der Waals surface area contributed by atoms with E-state index in [1.165, 1.54) is 19.3 Å². The fraction of sp³-hybridized carbons (Fsp3) is 0.900. The Hall–Kier alpha value is -0.770. The van der Waals surface area contributed by atoms with Gasteiger partial charge in [-0.3, -0.25) is 9.59 Å². The molecule has 4 nitrogen and oxygen atoms in total. The van der Waals surface area contributed by atoms with E-state index in [-0.39, 0.29) is 17.4 Å². The van der Waals surface area contributed by atoms with Crippen LogP contribution in [-0.4, -0.2) is 41.7 Å². The summed E-state index contributed by atoms with van der Waals surface area (Å²) < 4.78 is 0. The molecule has 4 saturated carbocycles. The zero-order valence-electron chi connectivity index (χ0n) is 15.1. The van der Waals surface area contributed by atoms with Crippen LogP contribution < -0.4 is 5.32 Å². The van der Waals surface area contributed by atoms with E-state index in [9.17, 15) is 9.59 Å². The molecule has 5 fully saturated rings. The van der Waals surface area contributed by atoms with Crippen LogP contribution >= 0.6 is 11.6 Å². The lowest BCUT2D eigenvalue weighted by atomic mass is 9.49. The van der Waals surface area contributed by atoms with Gasteiger partial charge in [0.1, 0.15) is 0 Å². The van der Waals surface area contributed by atoms with Gasteiger partial charge in [0.15, 0.2) is 0 Å². The summed E-state index contributed by atoms with van der Waals surface area (Å²) in [4.78, 5) is 27.3. The van der Waals surface area contributed by atoms with E-state index in [4.69, 9.17) is 11.6 Å². The van der Waals surface area contributed by atoms with Gasteiger partial charge in [-0.2, -0.15) is 0 Å². The molecule has 2 amide bonds. The number of carbonyl (C=O) groups excluding carboxylic acids is 2. The number of rotatable bonds is 5. The molecule has 1 saturated heterocycles. The molecule has 0 aromatic carbocycles. The lowest BCUT2D eigenvalue weighted by Gasteiger charge is -2.57. The van der Waals surface area contributed by atoms with Crippen LogP contribution in [0.25, 0.3) is 0 Å². The third kappa shape index (κ3) is 3.56. The second-order valence-corrected chi connectivity index (χ2v) is 9.50. The number of halogens is 1. The Bertz CT molecular complexity index is 493. The maximum atomic E-state index is 13.3. The molecule has 4 aliphatic carbocycles. The van der Waals surface area contributed by atoms with Crippen LogP contribution in [0.1, 0.15) is 64.2 Å². The van der Waals surface area contributed by atoms with E-state index in [1.54, 1.807) is 0 Å². The fourth-order valence-electron chi connectivity index (χ4n) is 6.46. The van der Waals surface area contributed by atoms with E-state index in [1.807, 2.05) is 0 Å². The van der Waals surface area contributed by atoms with Crippen molar-refractivity contribution in [1.82, 2.24) is 10.2 Å². The maximum absolute atomic E-state index is 13.3. The van der Waals surface area contributed by atoms with Gasteiger partial charge in [-0.15, -0.1) is 11.6 Å². The molecule has 25 heavy (non-hydrogen) atoms. The van der Waals surface area contributed by atoms with Crippen LogP contribution in [-0.2, 0) is 9.59 Å². The van der Waals surface area contributed by atoms with Crippen molar-refractivity contribution in [2.45, 2.75) is 70.3 Å². The third-order valence-corrected chi connectivity index (χ3v) is 7.44. The van der Waals surface area contributed by atoms with Gasteiger partial charge in [-0.05, 0) is 75.5 Å². The van der Waals surface area contributed by atoms with Gasteiger partial charge in [-0.1, -0.05) is 0 Å². The minimum atomic E-state index is -0.0226. The predicted molar refractivity (Wildman–Crippen MR) is 98.3 cm³/mol. The molecule has 5 rings (SSSR count). The first-order valence-corrected chi connectivity index (χ1v) is 10.8. The van der Waals surface area contributed by atoms with Crippen LogP contribution in [0.4, 0.5) is 0 Å². The monoisotopic (exact) mass is 366 g/mol. The quantitative estimate of drug-likeness (QED) is 0.759. The lowest BCUT2D eigenvalue weighted by molar-refractivity contribution is -0.158. The molecule has 140 valence electrons. The molecular weight excluding hydrogens is 336 g/mol. The van der Waals surface area contributed by atoms with E-state index >= 15 is 0 Å². The third-order valence-electron chi connectivity index (χ3n) is 7.18. The van der Waals surface area contributed by atoms with Gasteiger partial charge in [0.2, 0.25) is 11.8 Å². The molecule has 5 aliphatic rings. The standard InChI is InChI=1S/C20H31ClN2O2/c21-5-1-2-18(24)22-17-3-6-23(7-4-17)19(25)20-11-14-8-15(12-20)10-16(9-14)13-20/h14-17H,1-13H2,(H,22,24). The highest BCUT2D eigenvalue weighted by Gasteiger charge is 2.55. The highest BCUT2D eigenvalue weighted by atomic mass is 35.5. The number of piperidine rings is 1. The Morgan fingerprint density at radius 1 is 1.00 bits per heavy atom. The Morgan fingerprint density at radius 3 is 2.08 bits per heavy atom. The topological polar surface area (TPSA) is 49.4 Å². The van der Waals surface area contributed by atoms with Crippen molar-refractivity contribution in [2.75, 3.05) is 19.0 Å². The van der Waals surface area contributed by atoms with Crippen LogP contribution in [0.15, 0.2) is 0 Å². The average molecular weight is 367 g/mol. The van der Waals surface area contributed by atoms with E-state index in [2.05, 4.69) is 10.2 Å². The molecule has 1 heterocycles. The summed E-state index contributed by atoms with van der Waals surface area (Å²) in [5.74, 6) is 3.52. The highest BCUT2D eigenvalue weighted by molar-refractivity contribution is 6.17. The summed E-state index contributed by atoms with van der Waals surface area (Å²) >= 11 is 5.65. The van der Waals surface area contributed by atoms with Crippen molar-refractivity contribution in [3.8, 4) is 0 Å². The number of likely N-dealkylation sites (tertiary alicyclic amines) is 1. The van der Waals surface area contributed by atoms with Crippen molar-refractivity contribution >= 4 is 23.4 Å². The minimum Gasteiger partial charge on any atom is -0.353 e. The van der Waals surface area contributed by atoms with E-state index in [0.717, 1.165) is 69.4 Å². The second kappa shape index (κ2) is 7.09. The minimum absolute atomic E-state index is 0.0226. The maximum Gasteiger partial charge on any atom is 0.228 e. The van der Waals surface area contributed by atoms with E-state index < -0.39 is 0 Å². The van der Waals surface area contributed by atoms with Gasteiger partial charge in [0, 0.05) is 31.4 Å². The molecule has 0 radical (unpaired) electrons. The number of carbonyl (C=O) groups is 2. The summed E-state index contributed by atoms with van der Waals surface area (Å²) in [5, 5.41) is 3.11. The van der Waals surface area contributed by atoms with Gasteiger partial charge >= 0.3 is 0 Å². The van der Waals surface area contributed by atoms with E-state index in [0.29, 0.717) is 18.2 Å². The zero-order valence-corrected chi connectivity index (χ0v) is 15.9. The Morgan fingerprint density at radius 2 is 1.56 bits per heavy atom. The SMILES string of the molecule is O=C(CCCCl)NC1CCN(C(=O)C23CC4CC(CC(C4)C2)C3)CC1. The van der Waals surface area contributed by atoms with Crippen molar-refractivity contribution in [3.63, 3.8) is 0 Å². The molecule has 0 spiro atoms. The zero-order chi connectivity index (χ0) is 17.4. The molecule has 5 heteroatoms. The average Bonchev–Trinajstić information content (AvgIpc) is 2.59. The first-order valence-electron chi connectivity index (χ1n) is 10.2. The number of hydrogen-bond donors (Lipinski definition) is 1. The van der Waals surface area contributed by atoms with Crippen LogP contribution in [0, 0.1) is 23.2 Å². The molecule has 1 N–H and O–H groups in total. The Labute approximate surface area is 156 Å². The number of nitrogens with zero attached hydrogens (tertiary/aromatic N) is 1. The van der Waals surface area contributed by atoms with Crippen molar-refractivity contribution < 1.29 is 9.59 Å². The smallest absolute Gasteiger partial charge is 0.228 e. The Kier molecular flexibility index (Phi) is 5.00. The molecule has 0 aromatic rings. The second-order valence-electron chi connectivity index (χ2n) is 9.12. The molecule has 0 aromatic heterocycles. The number of amides is 2. The van der Waals surface area contributed by atoms with Crippen molar-refractivity contribution in [1.29, 1.82) is 0 Å². The molecule has 4 bridgehead atoms. The number of alkyl halides is 1. The first-order chi connectivity index (χ1) is 12.1. The largest absolute Gasteiger partial charge is 0.353 e. The normalized spacial score (nSPS) is 37.3. The molecule has 1 aliphatic heterocycles. The highest BCUT2D eigenvalue weighted by Crippen LogP contribution is 2.60. The summed E-state index contributed by atoms with van der Waals surface area (Å²) in [7, 11) is 0. The summed E-state index contributed by atoms with van der Waals surface area (Å²) in [6.45, 7) is 1.61. The lowest BCUT2D eigenvalue weighted by Crippen LogP contribution is -2.56. The fourth-order valence-corrected chi connectivity index (χ4v) is 6.60. The molecular formula is C20H31ClN2O2. The van der Waals surface area contributed by atoms with Crippen LogP contribution in [0.2, 0.25) is 0 Å². The van der Waals surface area contributed by atoms with Crippen LogP contribution in [0.3, 0.4) is 0 Å². The van der Waals surface area contributed by atoms with Gasteiger partial charge in [0.05, 0.1) is 5.41 Å². The van der Waals surface area contributed by atoms with Gasteiger partial charge in [-0.25, -0.2) is 0 Å². The Balaban J connectivity index is 1.31. The van der Waals surface area contributed by atoms with Crippen molar-refractivity contribution in [3.05, 3.63) is 0 Å². The van der Waals surface area contributed by atoms with Gasteiger partial charge < -0.3 is 10.2 Å².